The Labute approximate surface area is 333 Å². The van der Waals surface area contributed by atoms with E-state index in [0.717, 1.165) is 32.1 Å². The monoisotopic (exact) mass is 794 g/mol. The molecule has 14 nitrogen and oxygen atoms in total. The highest BCUT2D eigenvalue weighted by atomic mass is 16.7. The van der Waals surface area contributed by atoms with Gasteiger partial charge in [0.1, 0.15) is 34.7 Å². The summed E-state index contributed by atoms with van der Waals surface area (Å²) < 4.78 is 23.6. The fourth-order valence-electron chi connectivity index (χ4n) is 8.31. The number of aliphatic hydroxyl groups is 2. The Hall–Kier alpha value is -4.79. The molecule has 0 spiro atoms. The Morgan fingerprint density at radius 3 is 2.21 bits per heavy atom. The van der Waals surface area contributed by atoms with Crippen molar-refractivity contribution in [2.24, 2.45) is 23.7 Å². The second-order valence-electron chi connectivity index (χ2n) is 16.1. The molecule has 5 bridgehead atoms. The summed E-state index contributed by atoms with van der Waals surface area (Å²) in [5, 5.41) is 64.0. The summed E-state index contributed by atoms with van der Waals surface area (Å²) in [7, 11) is 1.45. The minimum absolute atomic E-state index is 0.0245. The fourth-order valence-corrected chi connectivity index (χ4v) is 8.31. The van der Waals surface area contributed by atoms with E-state index >= 15 is 0 Å². The minimum atomic E-state index is -2.01. The number of aliphatic hydroxyl groups excluding tert-OH is 2. The smallest absolute Gasteiger partial charge is 0.312 e. The predicted octanol–water partition coefficient (Wildman–Crippen LogP) is 6.50. The molecule has 9 atom stereocenters. The summed E-state index contributed by atoms with van der Waals surface area (Å²) >= 11 is 0. The number of carbonyl (C=O) groups is 3. The van der Waals surface area contributed by atoms with E-state index in [1.165, 1.54) is 46.3 Å². The number of esters is 1. The first-order valence-corrected chi connectivity index (χ1v) is 19.7. The van der Waals surface area contributed by atoms with E-state index in [4.69, 9.17) is 18.9 Å². The maximum absolute atomic E-state index is 14.4. The van der Waals surface area contributed by atoms with Crippen molar-refractivity contribution in [3.8, 4) is 23.0 Å². The molecular weight excluding hydrogens is 736 g/mol. The van der Waals surface area contributed by atoms with Gasteiger partial charge in [0.2, 0.25) is 0 Å². The number of Topliss-reactive ketones (excluding diaryl/α,β-unsaturated/α-hetero) is 1. The highest BCUT2D eigenvalue weighted by molar-refractivity contribution is 6.23. The summed E-state index contributed by atoms with van der Waals surface area (Å²) in [6.45, 7) is 12.6. The lowest BCUT2D eigenvalue weighted by atomic mass is 9.78. The van der Waals surface area contributed by atoms with Gasteiger partial charge in [0, 0.05) is 67.2 Å². The van der Waals surface area contributed by atoms with Gasteiger partial charge in [-0.1, -0.05) is 65.2 Å². The third-order valence-electron chi connectivity index (χ3n) is 11.9. The number of amides is 1. The minimum Gasteiger partial charge on any atom is -0.507 e. The van der Waals surface area contributed by atoms with Crippen LogP contribution in [0.3, 0.4) is 0 Å². The van der Waals surface area contributed by atoms with E-state index in [1.54, 1.807) is 46.8 Å². The molecule has 14 heteroatoms. The number of hydrogen-bond acceptors (Lipinski definition) is 13. The van der Waals surface area contributed by atoms with Gasteiger partial charge in [-0.15, -0.1) is 0 Å². The number of nitrogens with one attached hydrogen (secondary N) is 2. The molecule has 1 amide bonds. The SMILES string of the molecule is COC1/C=C/OC2(C)Oc3c(C)c(O)c4c(O)c(c(NC5CCCCC5)c(O)c4c3C2=O)NC(=O)/C(C)=C\C=C\C(C)C(O)C(C)C(O)C(C)C(OC(C)=O)C1C. The number of carbonyl (C=O) groups excluding carboxylic acids is 3. The lowest BCUT2D eigenvalue weighted by molar-refractivity contribution is -0.160. The van der Waals surface area contributed by atoms with Crippen molar-refractivity contribution in [2.75, 3.05) is 17.7 Å². The van der Waals surface area contributed by atoms with Gasteiger partial charge in [0.25, 0.3) is 11.7 Å². The Bertz CT molecular complexity index is 1970. The summed E-state index contributed by atoms with van der Waals surface area (Å²) in [6.07, 6.45) is 8.12. The third kappa shape index (κ3) is 8.44. The molecule has 6 rings (SSSR count). The Morgan fingerprint density at radius 2 is 1.58 bits per heavy atom. The van der Waals surface area contributed by atoms with E-state index in [0.29, 0.717) is 0 Å². The summed E-state index contributed by atoms with van der Waals surface area (Å²) in [5.41, 5.74) is -0.0548. The first-order chi connectivity index (χ1) is 26.8. The highest BCUT2D eigenvalue weighted by Gasteiger charge is 2.50. The molecule has 0 radical (unpaired) electrons. The second-order valence-corrected chi connectivity index (χ2v) is 16.1. The Kier molecular flexibility index (Phi) is 13.2. The van der Waals surface area contributed by atoms with E-state index < -0.39 is 88.8 Å². The van der Waals surface area contributed by atoms with Gasteiger partial charge in [-0.3, -0.25) is 14.4 Å². The molecule has 9 unspecified atom stereocenters. The van der Waals surface area contributed by atoms with E-state index in [1.807, 2.05) is 0 Å². The van der Waals surface area contributed by atoms with Crippen LogP contribution in [0.1, 0.15) is 96.5 Å². The van der Waals surface area contributed by atoms with E-state index in [2.05, 4.69) is 10.6 Å². The Balaban J connectivity index is 1.70. The number of phenols is 3. The second kappa shape index (κ2) is 17.4. The van der Waals surface area contributed by atoms with Gasteiger partial charge in [0.05, 0.1) is 35.5 Å². The number of aromatic hydroxyl groups is 3. The number of ether oxygens (including phenoxy) is 4. The average Bonchev–Trinajstić information content (AvgIpc) is 3.44. The maximum atomic E-state index is 14.4. The molecule has 0 saturated heterocycles. The molecule has 1 aliphatic carbocycles. The van der Waals surface area contributed by atoms with Gasteiger partial charge in [-0.25, -0.2) is 0 Å². The van der Waals surface area contributed by atoms with E-state index in [-0.39, 0.29) is 50.6 Å². The predicted molar refractivity (Wildman–Crippen MR) is 214 cm³/mol. The number of anilines is 2. The van der Waals surface area contributed by atoms with Crippen LogP contribution < -0.4 is 15.4 Å². The van der Waals surface area contributed by atoms with Crippen molar-refractivity contribution in [1.82, 2.24) is 0 Å². The zero-order chi connectivity index (χ0) is 42.1. The molecule has 3 heterocycles. The van der Waals surface area contributed by atoms with E-state index in [9.17, 15) is 39.9 Å². The molecule has 3 aliphatic heterocycles. The molecule has 312 valence electrons. The van der Waals surface area contributed by atoms with Crippen molar-refractivity contribution in [3.63, 3.8) is 0 Å². The van der Waals surface area contributed by atoms with Crippen molar-refractivity contribution < 1.29 is 58.9 Å². The molecular formula is C43H58N2O12. The van der Waals surface area contributed by atoms with Gasteiger partial charge in [0.15, 0.2) is 5.75 Å². The average molecular weight is 795 g/mol. The molecule has 1 saturated carbocycles. The first-order valence-electron chi connectivity index (χ1n) is 19.7. The number of methoxy groups -OCH3 is 1. The molecule has 0 aromatic heterocycles. The zero-order valence-corrected chi connectivity index (χ0v) is 34.2. The van der Waals surface area contributed by atoms with Crippen LogP contribution in [0, 0.1) is 30.6 Å². The molecule has 7 N–H and O–H groups in total. The van der Waals surface area contributed by atoms with Crippen molar-refractivity contribution in [2.45, 2.75) is 124 Å². The number of fused-ring (bicyclic) bond motifs is 14. The normalized spacial score (nSPS) is 32.5. The van der Waals surface area contributed by atoms with Gasteiger partial charge >= 0.3 is 11.8 Å². The summed E-state index contributed by atoms with van der Waals surface area (Å²) in [6, 6.07) is -0.130. The first kappa shape index (κ1) is 43.3. The highest BCUT2D eigenvalue weighted by Crippen LogP contribution is 2.57. The van der Waals surface area contributed by atoms with Crippen LogP contribution in [0.2, 0.25) is 0 Å². The largest absolute Gasteiger partial charge is 0.507 e. The quantitative estimate of drug-likeness (QED) is 0.100. The van der Waals surface area contributed by atoms with Crippen molar-refractivity contribution in [1.29, 1.82) is 0 Å². The van der Waals surface area contributed by atoms with Crippen molar-refractivity contribution in [3.05, 3.63) is 47.3 Å². The standard InChI is InChI=1S/C43H58N2O12/c1-20-14-13-15-21(2)42(53)45-33-32(44-27-16-11-10-12-17-27)37(50)29-30(38(33)51)36(49)25(6)40-31(29)41(52)43(8,57-40)55-19-18-28(54-9)22(3)39(56-26(7)46)24(5)35(48)23(4)34(20)47/h13-15,18-20,22-24,27-28,34-35,39,44,47-51H,10-12,16-17H2,1-9H3,(H,45,53)/b14-13+,19-18+,21-15-. The van der Waals surface area contributed by atoms with Gasteiger partial charge in [-0.05, 0) is 32.8 Å². The van der Waals surface area contributed by atoms with Crippen LogP contribution in [-0.4, -0.2) is 86.5 Å². The lowest BCUT2D eigenvalue weighted by Gasteiger charge is -2.38. The number of ketones is 1. The Morgan fingerprint density at radius 1 is 0.912 bits per heavy atom. The molecule has 1 fully saturated rings. The van der Waals surface area contributed by atoms with Crippen molar-refractivity contribution >= 4 is 39.8 Å². The van der Waals surface area contributed by atoms with Crippen LogP contribution in [0.15, 0.2) is 36.1 Å². The van der Waals surface area contributed by atoms with Gasteiger partial charge < -0.3 is 55.1 Å². The number of allylic oxidation sites excluding steroid dienone is 2. The number of phenolic OH excluding ortho intramolecular Hbond substituents is 3. The van der Waals surface area contributed by atoms with Crippen LogP contribution in [0.25, 0.3) is 10.8 Å². The van der Waals surface area contributed by atoms with Crippen LogP contribution >= 0.6 is 0 Å². The number of hydrogen-bond donors (Lipinski definition) is 7. The molecule has 4 aliphatic rings. The summed E-state index contributed by atoms with van der Waals surface area (Å²) in [4.78, 5) is 40.4. The molecule has 2 aromatic rings. The zero-order valence-electron chi connectivity index (χ0n) is 34.2. The maximum Gasteiger partial charge on any atom is 0.312 e. The molecule has 2 aromatic carbocycles. The van der Waals surface area contributed by atoms with Crippen LogP contribution in [0.4, 0.5) is 11.4 Å². The topological polar surface area (TPSA) is 213 Å². The summed E-state index contributed by atoms with van der Waals surface area (Å²) in [5.74, 6) is -7.96. The fraction of sp³-hybridized carbons (Fsp3) is 0.558. The molecule has 57 heavy (non-hydrogen) atoms. The number of rotatable bonds is 4. The lowest BCUT2D eigenvalue weighted by Crippen LogP contribution is -2.46. The van der Waals surface area contributed by atoms with Crippen LogP contribution in [-0.2, 0) is 23.8 Å². The number of benzene rings is 2. The van der Waals surface area contributed by atoms with Crippen LogP contribution in [0.5, 0.6) is 23.0 Å². The third-order valence-corrected chi connectivity index (χ3v) is 11.9. The van der Waals surface area contributed by atoms with Gasteiger partial charge in [-0.2, -0.15) is 0 Å².